The van der Waals surface area contributed by atoms with Gasteiger partial charge in [0.25, 0.3) is 0 Å². The fraction of sp³-hybridized carbons (Fsp3) is 0.647. The van der Waals surface area contributed by atoms with Gasteiger partial charge in [-0.25, -0.2) is 4.39 Å². The van der Waals surface area contributed by atoms with Gasteiger partial charge in [-0.3, -0.25) is 0 Å². The molecule has 1 aromatic carbocycles. The van der Waals surface area contributed by atoms with Crippen molar-refractivity contribution in [2.75, 3.05) is 0 Å². The number of halogens is 1. The van der Waals surface area contributed by atoms with Gasteiger partial charge in [-0.05, 0) is 67.6 Å². The molecule has 0 aliphatic heterocycles. The van der Waals surface area contributed by atoms with E-state index in [2.05, 4.69) is 13.8 Å². The molecule has 1 aliphatic rings. The number of rotatable bonds is 4. The molecule has 1 aliphatic carbocycles. The lowest BCUT2D eigenvalue weighted by atomic mass is 9.75. The van der Waals surface area contributed by atoms with Crippen molar-refractivity contribution < 1.29 is 4.39 Å². The molecule has 1 atom stereocenters. The molecular formula is C17H25F. The maximum absolute atomic E-state index is 12.9. The number of hydrogen-bond donors (Lipinski definition) is 0. The zero-order valence-electron chi connectivity index (χ0n) is 11.7. The summed E-state index contributed by atoms with van der Waals surface area (Å²) in [5.74, 6) is 2.34. The van der Waals surface area contributed by atoms with Gasteiger partial charge in [0.2, 0.25) is 0 Å². The fourth-order valence-corrected chi connectivity index (χ4v) is 3.20. The Balaban J connectivity index is 1.84. The third-order valence-corrected chi connectivity index (χ3v) is 4.62. The van der Waals surface area contributed by atoms with Crippen LogP contribution in [-0.2, 0) is 0 Å². The van der Waals surface area contributed by atoms with Crippen LogP contribution in [0.4, 0.5) is 4.39 Å². The second kappa shape index (κ2) is 6.36. The Morgan fingerprint density at radius 2 is 1.72 bits per heavy atom. The molecule has 2 rings (SSSR count). The van der Waals surface area contributed by atoms with E-state index in [1.165, 1.54) is 44.1 Å². The summed E-state index contributed by atoms with van der Waals surface area (Å²) in [5.41, 5.74) is 1.33. The monoisotopic (exact) mass is 248 g/mol. The molecule has 1 unspecified atom stereocenters. The smallest absolute Gasteiger partial charge is 0.123 e. The Hall–Kier alpha value is -0.850. The summed E-state index contributed by atoms with van der Waals surface area (Å²) in [5, 5.41) is 0. The zero-order chi connectivity index (χ0) is 13.0. The first kappa shape index (κ1) is 13.6. The molecule has 1 heteroatoms. The van der Waals surface area contributed by atoms with Crippen LogP contribution in [0.15, 0.2) is 24.3 Å². The summed E-state index contributed by atoms with van der Waals surface area (Å²) in [6.45, 7) is 4.65. The van der Waals surface area contributed by atoms with Crippen molar-refractivity contribution >= 4 is 0 Å². The minimum absolute atomic E-state index is 0.121. The minimum Gasteiger partial charge on any atom is -0.207 e. The van der Waals surface area contributed by atoms with Crippen LogP contribution in [0.2, 0.25) is 0 Å². The summed E-state index contributed by atoms with van der Waals surface area (Å²) < 4.78 is 12.9. The van der Waals surface area contributed by atoms with E-state index in [4.69, 9.17) is 0 Å². The summed E-state index contributed by atoms with van der Waals surface area (Å²) in [6.07, 6.45) is 7.97. The number of benzene rings is 1. The largest absolute Gasteiger partial charge is 0.207 e. The SMILES string of the molecule is CCC(C)C[C@H]1CC[C@H](c2ccc(F)cc2)CC1. The van der Waals surface area contributed by atoms with Gasteiger partial charge in [0.1, 0.15) is 5.82 Å². The molecule has 0 spiro atoms. The average molecular weight is 248 g/mol. The molecule has 0 amide bonds. The van der Waals surface area contributed by atoms with E-state index < -0.39 is 0 Å². The summed E-state index contributed by atoms with van der Waals surface area (Å²) in [7, 11) is 0. The molecule has 0 aromatic heterocycles. The molecule has 0 radical (unpaired) electrons. The highest BCUT2D eigenvalue weighted by Gasteiger charge is 2.23. The second-order valence-corrected chi connectivity index (χ2v) is 6.02. The first-order chi connectivity index (χ1) is 8.69. The normalized spacial score (nSPS) is 25.9. The van der Waals surface area contributed by atoms with Gasteiger partial charge in [-0.2, -0.15) is 0 Å². The summed E-state index contributed by atoms with van der Waals surface area (Å²) >= 11 is 0. The van der Waals surface area contributed by atoms with Crippen molar-refractivity contribution in [2.45, 2.75) is 58.3 Å². The van der Waals surface area contributed by atoms with Crippen LogP contribution in [0.5, 0.6) is 0 Å². The Kier molecular flexibility index (Phi) is 4.79. The van der Waals surface area contributed by atoms with Crippen LogP contribution in [0.25, 0.3) is 0 Å². The molecule has 0 N–H and O–H groups in total. The van der Waals surface area contributed by atoms with Crippen molar-refractivity contribution in [3.8, 4) is 0 Å². The van der Waals surface area contributed by atoms with Crippen molar-refractivity contribution in [3.05, 3.63) is 35.6 Å². The molecule has 1 aromatic rings. The fourth-order valence-electron chi connectivity index (χ4n) is 3.20. The summed E-state index contributed by atoms with van der Waals surface area (Å²) in [4.78, 5) is 0. The molecule has 0 heterocycles. The van der Waals surface area contributed by atoms with Gasteiger partial charge in [-0.1, -0.05) is 32.4 Å². The standard InChI is InChI=1S/C17H25F/c1-3-13(2)12-14-4-6-15(7-5-14)16-8-10-17(18)11-9-16/h8-11,13-15H,3-7,12H2,1-2H3/t13?,14-,15-. The van der Waals surface area contributed by atoms with E-state index in [0.717, 1.165) is 11.8 Å². The Morgan fingerprint density at radius 3 is 2.28 bits per heavy atom. The molecule has 1 saturated carbocycles. The van der Waals surface area contributed by atoms with E-state index in [1.54, 1.807) is 12.1 Å². The first-order valence-corrected chi connectivity index (χ1v) is 7.44. The Morgan fingerprint density at radius 1 is 1.11 bits per heavy atom. The van der Waals surface area contributed by atoms with E-state index in [9.17, 15) is 4.39 Å². The molecular weight excluding hydrogens is 223 g/mol. The highest BCUT2D eigenvalue weighted by atomic mass is 19.1. The van der Waals surface area contributed by atoms with E-state index in [0.29, 0.717) is 5.92 Å². The Labute approximate surface area is 111 Å². The number of hydrogen-bond acceptors (Lipinski definition) is 0. The van der Waals surface area contributed by atoms with Crippen molar-refractivity contribution in [1.29, 1.82) is 0 Å². The van der Waals surface area contributed by atoms with Gasteiger partial charge in [0.05, 0.1) is 0 Å². The lowest BCUT2D eigenvalue weighted by Gasteiger charge is -2.30. The van der Waals surface area contributed by atoms with Crippen LogP contribution in [0.3, 0.4) is 0 Å². The van der Waals surface area contributed by atoms with Gasteiger partial charge >= 0.3 is 0 Å². The van der Waals surface area contributed by atoms with Crippen molar-refractivity contribution in [1.82, 2.24) is 0 Å². The first-order valence-electron chi connectivity index (χ1n) is 7.44. The molecule has 0 bridgehead atoms. The van der Waals surface area contributed by atoms with Crippen LogP contribution in [0.1, 0.15) is 63.9 Å². The predicted molar refractivity (Wildman–Crippen MR) is 75.2 cm³/mol. The minimum atomic E-state index is -0.121. The maximum atomic E-state index is 12.9. The van der Waals surface area contributed by atoms with Crippen molar-refractivity contribution in [3.63, 3.8) is 0 Å². The second-order valence-electron chi connectivity index (χ2n) is 6.02. The molecule has 0 saturated heterocycles. The third kappa shape index (κ3) is 3.57. The van der Waals surface area contributed by atoms with E-state index in [1.807, 2.05) is 12.1 Å². The van der Waals surface area contributed by atoms with E-state index in [-0.39, 0.29) is 5.82 Å². The topological polar surface area (TPSA) is 0 Å². The molecule has 0 nitrogen and oxygen atoms in total. The van der Waals surface area contributed by atoms with Gasteiger partial charge < -0.3 is 0 Å². The van der Waals surface area contributed by atoms with Gasteiger partial charge in [0, 0.05) is 0 Å². The van der Waals surface area contributed by atoms with E-state index >= 15 is 0 Å². The quantitative estimate of drug-likeness (QED) is 0.656. The van der Waals surface area contributed by atoms with Crippen molar-refractivity contribution in [2.24, 2.45) is 11.8 Å². The van der Waals surface area contributed by atoms with Gasteiger partial charge in [0.15, 0.2) is 0 Å². The highest BCUT2D eigenvalue weighted by Crippen LogP contribution is 2.38. The molecule has 100 valence electrons. The third-order valence-electron chi connectivity index (χ3n) is 4.62. The van der Waals surface area contributed by atoms with Gasteiger partial charge in [-0.15, -0.1) is 0 Å². The van der Waals surface area contributed by atoms with Crippen LogP contribution in [0, 0.1) is 17.7 Å². The van der Waals surface area contributed by atoms with Crippen LogP contribution in [-0.4, -0.2) is 0 Å². The highest BCUT2D eigenvalue weighted by molar-refractivity contribution is 5.20. The average Bonchev–Trinajstić information content (AvgIpc) is 2.40. The Bertz CT molecular complexity index is 346. The lowest BCUT2D eigenvalue weighted by Crippen LogP contribution is -2.15. The molecule has 1 fully saturated rings. The lowest BCUT2D eigenvalue weighted by molar-refractivity contribution is 0.273. The summed E-state index contributed by atoms with van der Waals surface area (Å²) in [6, 6.07) is 7.13. The predicted octanol–water partition coefficient (Wildman–Crippen LogP) is 5.54. The zero-order valence-corrected chi connectivity index (χ0v) is 11.7. The van der Waals surface area contributed by atoms with Crippen LogP contribution < -0.4 is 0 Å². The maximum Gasteiger partial charge on any atom is 0.123 e. The van der Waals surface area contributed by atoms with Crippen LogP contribution >= 0.6 is 0 Å². The molecule has 18 heavy (non-hydrogen) atoms.